The van der Waals surface area contributed by atoms with Gasteiger partial charge in [-0.3, -0.25) is 9.59 Å². The van der Waals surface area contributed by atoms with Gasteiger partial charge in [-0.2, -0.15) is 0 Å². The third kappa shape index (κ3) is 4.34. The molecule has 0 saturated carbocycles. The van der Waals surface area contributed by atoms with Gasteiger partial charge in [0.2, 0.25) is 5.91 Å². The maximum absolute atomic E-state index is 13.8. The topological polar surface area (TPSA) is 69.6 Å². The molecule has 1 aromatic carbocycles. The van der Waals surface area contributed by atoms with Gasteiger partial charge in [-0.15, -0.1) is 0 Å². The highest BCUT2D eigenvalue weighted by atomic mass is 19.1. The number of halogens is 2. The number of carbonyl (C=O) groups is 2. The van der Waals surface area contributed by atoms with Crippen molar-refractivity contribution in [1.82, 2.24) is 10.2 Å². The number of rotatable bonds is 5. The number of hydrogen-bond donors (Lipinski definition) is 2. The zero-order valence-corrected chi connectivity index (χ0v) is 14.6. The Hall–Kier alpha value is -2.02. The lowest BCUT2D eigenvalue weighted by molar-refractivity contribution is -0.133. The first-order valence-electron chi connectivity index (χ1n) is 8.44. The molecule has 0 spiro atoms. The van der Waals surface area contributed by atoms with Crippen LogP contribution in [0, 0.1) is 23.5 Å². The average Bonchev–Trinajstić information content (AvgIpc) is 3.01. The van der Waals surface area contributed by atoms with Crippen molar-refractivity contribution in [2.45, 2.75) is 39.3 Å². The summed E-state index contributed by atoms with van der Waals surface area (Å²) in [6.45, 7) is 6.08. The van der Waals surface area contributed by atoms with Crippen LogP contribution in [0.1, 0.15) is 37.6 Å². The Balaban J connectivity index is 2.13. The summed E-state index contributed by atoms with van der Waals surface area (Å²) in [5.74, 6) is -3.45. The molecule has 0 aromatic heterocycles. The number of likely N-dealkylation sites (tertiary alicyclic amines) is 1. The van der Waals surface area contributed by atoms with Gasteiger partial charge in [0, 0.05) is 19.0 Å². The second-order valence-corrected chi connectivity index (χ2v) is 6.87. The number of carbonyl (C=O) groups excluding carboxylic acids is 2. The molecule has 2 amide bonds. The van der Waals surface area contributed by atoms with Gasteiger partial charge in [0.05, 0.1) is 6.10 Å². The Morgan fingerprint density at radius 3 is 2.32 bits per heavy atom. The van der Waals surface area contributed by atoms with E-state index in [-0.39, 0.29) is 17.7 Å². The molecule has 0 aliphatic carbocycles. The number of benzene rings is 1. The molecule has 0 unspecified atom stereocenters. The minimum Gasteiger partial charge on any atom is -0.393 e. The van der Waals surface area contributed by atoms with Crippen LogP contribution in [0.15, 0.2) is 18.2 Å². The first-order chi connectivity index (χ1) is 11.7. The van der Waals surface area contributed by atoms with Crippen molar-refractivity contribution in [3.8, 4) is 0 Å². The highest BCUT2D eigenvalue weighted by molar-refractivity contribution is 5.98. The predicted molar refractivity (Wildman–Crippen MR) is 88.8 cm³/mol. The lowest BCUT2D eigenvalue weighted by Crippen LogP contribution is -2.51. The van der Waals surface area contributed by atoms with Crippen LogP contribution in [0.25, 0.3) is 0 Å². The van der Waals surface area contributed by atoms with E-state index >= 15 is 0 Å². The summed E-state index contributed by atoms with van der Waals surface area (Å²) in [5, 5.41) is 12.1. The van der Waals surface area contributed by atoms with Gasteiger partial charge in [0.25, 0.3) is 5.91 Å². The van der Waals surface area contributed by atoms with Crippen LogP contribution in [0.3, 0.4) is 0 Å². The van der Waals surface area contributed by atoms with Gasteiger partial charge in [-0.25, -0.2) is 8.78 Å². The van der Waals surface area contributed by atoms with E-state index in [1.54, 1.807) is 25.7 Å². The SMILES string of the molecule is CC(C)[C@H](NC(=O)c1c(F)cccc1F)C(=O)N1CC[C@H]([C@H](C)O)C1. The summed E-state index contributed by atoms with van der Waals surface area (Å²) in [5.41, 5.74) is -0.691. The standard InChI is InChI=1S/C18H24F2N2O3/c1-10(2)16(18(25)22-8-7-12(9-22)11(3)23)21-17(24)15-13(19)5-4-6-14(15)20/h4-6,10-12,16,23H,7-9H2,1-3H3,(H,21,24)/t11-,12-,16-/m0/s1. The maximum Gasteiger partial charge on any atom is 0.257 e. The minimum atomic E-state index is -0.970. The van der Waals surface area contributed by atoms with E-state index in [0.29, 0.717) is 19.5 Å². The van der Waals surface area contributed by atoms with Crippen molar-refractivity contribution in [3.05, 3.63) is 35.4 Å². The lowest BCUT2D eigenvalue weighted by atomic mass is 10.0. The molecule has 1 saturated heterocycles. The molecule has 5 nitrogen and oxygen atoms in total. The number of aliphatic hydroxyl groups excluding tert-OH is 1. The maximum atomic E-state index is 13.8. The Kier molecular flexibility index (Phi) is 6.11. The summed E-state index contributed by atoms with van der Waals surface area (Å²) >= 11 is 0. The van der Waals surface area contributed by atoms with Crippen molar-refractivity contribution in [3.63, 3.8) is 0 Å². The van der Waals surface area contributed by atoms with Crippen LogP contribution >= 0.6 is 0 Å². The van der Waals surface area contributed by atoms with Gasteiger partial charge >= 0.3 is 0 Å². The van der Waals surface area contributed by atoms with Gasteiger partial charge in [-0.1, -0.05) is 19.9 Å². The fourth-order valence-electron chi connectivity index (χ4n) is 3.02. The number of amides is 2. The Morgan fingerprint density at radius 1 is 1.24 bits per heavy atom. The zero-order chi connectivity index (χ0) is 18.7. The fourth-order valence-corrected chi connectivity index (χ4v) is 3.02. The molecule has 0 bridgehead atoms. The highest BCUT2D eigenvalue weighted by Gasteiger charge is 2.35. The van der Waals surface area contributed by atoms with Crippen molar-refractivity contribution >= 4 is 11.8 Å². The van der Waals surface area contributed by atoms with Crippen molar-refractivity contribution in [2.24, 2.45) is 11.8 Å². The van der Waals surface area contributed by atoms with Crippen molar-refractivity contribution < 1.29 is 23.5 Å². The van der Waals surface area contributed by atoms with Crippen LogP contribution in [0.4, 0.5) is 8.78 Å². The lowest BCUT2D eigenvalue weighted by Gasteiger charge is -2.27. The monoisotopic (exact) mass is 354 g/mol. The van der Waals surface area contributed by atoms with Gasteiger partial charge < -0.3 is 15.3 Å². The molecule has 1 heterocycles. The van der Waals surface area contributed by atoms with E-state index < -0.39 is 35.3 Å². The van der Waals surface area contributed by atoms with Crippen LogP contribution < -0.4 is 5.32 Å². The first kappa shape index (κ1) is 19.3. The number of nitrogens with one attached hydrogen (secondary N) is 1. The van der Waals surface area contributed by atoms with E-state index in [2.05, 4.69) is 5.32 Å². The average molecular weight is 354 g/mol. The van der Waals surface area contributed by atoms with E-state index in [1.807, 2.05) is 0 Å². The zero-order valence-electron chi connectivity index (χ0n) is 14.6. The molecular formula is C18H24F2N2O3. The fraction of sp³-hybridized carbons (Fsp3) is 0.556. The van der Waals surface area contributed by atoms with Gasteiger partial charge in [0.15, 0.2) is 0 Å². The number of hydrogen-bond acceptors (Lipinski definition) is 3. The second kappa shape index (κ2) is 7.91. The van der Waals surface area contributed by atoms with E-state index in [0.717, 1.165) is 12.1 Å². The molecule has 1 fully saturated rings. The molecule has 1 aliphatic rings. The Labute approximate surface area is 146 Å². The van der Waals surface area contributed by atoms with Gasteiger partial charge in [0.1, 0.15) is 23.2 Å². The third-order valence-corrected chi connectivity index (χ3v) is 4.63. The van der Waals surface area contributed by atoms with E-state index in [9.17, 15) is 23.5 Å². The molecule has 7 heteroatoms. The summed E-state index contributed by atoms with van der Waals surface area (Å²) in [7, 11) is 0. The van der Waals surface area contributed by atoms with Crippen LogP contribution in [0.5, 0.6) is 0 Å². The largest absolute Gasteiger partial charge is 0.393 e. The summed E-state index contributed by atoms with van der Waals surface area (Å²) in [4.78, 5) is 26.6. The smallest absolute Gasteiger partial charge is 0.257 e. The van der Waals surface area contributed by atoms with Crippen LogP contribution in [-0.4, -0.2) is 47.1 Å². The molecule has 138 valence electrons. The molecule has 1 aliphatic heterocycles. The quantitative estimate of drug-likeness (QED) is 0.849. The molecule has 2 N–H and O–H groups in total. The van der Waals surface area contributed by atoms with Crippen LogP contribution in [0.2, 0.25) is 0 Å². The third-order valence-electron chi connectivity index (χ3n) is 4.63. The second-order valence-electron chi connectivity index (χ2n) is 6.87. The molecular weight excluding hydrogens is 330 g/mol. The van der Waals surface area contributed by atoms with Crippen LogP contribution in [-0.2, 0) is 4.79 Å². The predicted octanol–water partition coefficient (Wildman–Crippen LogP) is 1.95. The molecule has 1 aromatic rings. The van der Waals surface area contributed by atoms with Gasteiger partial charge in [-0.05, 0) is 31.4 Å². The first-order valence-corrected chi connectivity index (χ1v) is 8.44. The Bertz CT molecular complexity index is 629. The molecule has 0 radical (unpaired) electrons. The number of aliphatic hydroxyl groups is 1. The molecule has 2 rings (SSSR count). The van der Waals surface area contributed by atoms with E-state index in [4.69, 9.17) is 0 Å². The molecule has 25 heavy (non-hydrogen) atoms. The minimum absolute atomic E-state index is 0.00326. The highest BCUT2D eigenvalue weighted by Crippen LogP contribution is 2.22. The van der Waals surface area contributed by atoms with Crippen molar-refractivity contribution in [1.29, 1.82) is 0 Å². The summed E-state index contributed by atoms with van der Waals surface area (Å²) in [6.07, 6.45) is 0.168. The normalized spacial score (nSPS) is 19.8. The number of nitrogens with zero attached hydrogens (tertiary/aromatic N) is 1. The summed E-state index contributed by atoms with van der Waals surface area (Å²) < 4.78 is 27.5. The summed E-state index contributed by atoms with van der Waals surface area (Å²) in [6, 6.07) is 2.28. The molecule has 3 atom stereocenters. The van der Waals surface area contributed by atoms with Crippen molar-refractivity contribution in [2.75, 3.05) is 13.1 Å². The Morgan fingerprint density at radius 2 is 1.84 bits per heavy atom. The van der Waals surface area contributed by atoms with E-state index in [1.165, 1.54) is 6.07 Å².